The van der Waals surface area contributed by atoms with E-state index in [2.05, 4.69) is 24.1 Å². The lowest BCUT2D eigenvalue weighted by molar-refractivity contribution is -0.120. The van der Waals surface area contributed by atoms with Gasteiger partial charge < -0.3 is 11.1 Å². The van der Waals surface area contributed by atoms with Crippen LogP contribution in [0.2, 0.25) is 0 Å². The summed E-state index contributed by atoms with van der Waals surface area (Å²) in [6.07, 6.45) is 3.64. The second-order valence-electron chi connectivity index (χ2n) is 4.94. The van der Waals surface area contributed by atoms with Gasteiger partial charge in [0.05, 0.1) is 12.2 Å². The maximum atomic E-state index is 13.9. The first-order valence-corrected chi connectivity index (χ1v) is 7.41. The molecule has 1 aromatic rings. The Labute approximate surface area is 126 Å². The van der Waals surface area contributed by atoms with E-state index in [1.165, 1.54) is 6.07 Å². The average Bonchev–Trinajstić information content (AvgIpc) is 2.48. The van der Waals surface area contributed by atoms with Crippen LogP contribution in [0.5, 0.6) is 0 Å². The van der Waals surface area contributed by atoms with Gasteiger partial charge in [0.15, 0.2) is 0 Å². The number of halogens is 1. The van der Waals surface area contributed by atoms with Gasteiger partial charge in [0.1, 0.15) is 5.82 Å². The number of hydrogen-bond acceptors (Lipinski definition) is 2. The minimum Gasteiger partial charge on any atom is -0.323 e. The molecule has 0 aliphatic rings. The van der Waals surface area contributed by atoms with Crippen molar-refractivity contribution in [1.29, 1.82) is 0 Å². The number of carbonyl (C=O) groups is 1. The number of hydrogen-bond donors (Lipinski definition) is 2. The third-order valence-corrected chi connectivity index (χ3v) is 3.33. The van der Waals surface area contributed by atoms with E-state index in [1.807, 2.05) is 6.92 Å². The number of anilines is 1. The first kappa shape index (κ1) is 17.2. The summed E-state index contributed by atoms with van der Waals surface area (Å²) in [6.45, 7) is 4.29. The van der Waals surface area contributed by atoms with E-state index in [0.717, 1.165) is 25.7 Å². The predicted octanol–water partition coefficient (Wildman–Crippen LogP) is 3.29. The molecule has 1 aromatic carbocycles. The molecule has 0 saturated carbocycles. The highest BCUT2D eigenvalue weighted by Gasteiger charge is 2.17. The van der Waals surface area contributed by atoms with Crippen molar-refractivity contribution in [3.63, 3.8) is 0 Å². The topological polar surface area (TPSA) is 55.1 Å². The van der Waals surface area contributed by atoms with Gasteiger partial charge >= 0.3 is 0 Å². The molecule has 0 bridgehead atoms. The summed E-state index contributed by atoms with van der Waals surface area (Å²) in [5, 5.41) is 2.67. The molecule has 0 saturated heterocycles. The van der Waals surface area contributed by atoms with Crippen molar-refractivity contribution in [2.45, 2.75) is 39.5 Å². The first-order chi connectivity index (χ1) is 10.1. The second-order valence-corrected chi connectivity index (χ2v) is 4.94. The highest BCUT2D eigenvalue weighted by atomic mass is 19.1. The van der Waals surface area contributed by atoms with Crippen LogP contribution in [-0.4, -0.2) is 12.5 Å². The van der Waals surface area contributed by atoms with E-state index < -0.39 is 5.82 Å². The molecule has 0 aromatic heterocycles. The van der Waals surface area contributed by atoms with Crippen LogP contribution < -0.4 is 11.1 Å². The monoisotopic (exact) mass is 290 g/mol. The Morgan fingerprint density at radius 3 is 2.76 bits per heavy atom. The van der Waals surface area contributed by atoms with E-state index >= 15 is 0 Å². The van der Waals surface area contributed by atoms with Gasteiger partial charge in [-0.1, -0.05) is 38.5 Å². The summed E-state index contributed by atoms with van der Waals surface area (Å²) in [4.78, 5) is 12.1. The zero-order valence-corrected chi connectivity index (χ0v) is 12.7. The molecule has 1 unspecified atom stereocenters. The molecule has 114 valence electrons. The van der Waals surface area contributed by atoms with Crippen LogP contribution in [0.4, 0.5) is 10.1 Å². The van der Waals surface area contributed by atoms with E-state index in [-0.39, 0.29) is 24.1 Å². The van der Waals surface area contributed by atoms with Gasteiger partial charge in [0.2, 0.25) is 5.91 Å². The van der Waals surface area contributed by atoms with Crippen LogP contribution in [0, 0.1) is 23.6 Å². The van der Waals surface area contributed by atoms with E-state index in [4.69, 9.17) is 5.73 Å². The van der Waals surface area contributed by atoms with Crippen LogP contribution in [0.15, 0.2) is 18.2 Å². The summed E-state index contributed by atoms with van der Waals surface area (Å²) in [5.74, 6) is 4.76. The molecule has 0 radical (unpaired) electrons. The molecular weight excluding hydrogens is 267 g/mol. The molecule has 1 atom stereocenters. The van der Waals surface area contributed by atoms with E-state index in [1.54, 1.807) is 12.1 Å². The Kier molecular flexibility index (Phi) is 7.49. The van der Waals surface area contributed by atoms with Crippen LogP contribution >= 0.6 is 0 Å². The zero-order valence-electron chi connectivity index (χ0n) is 12.7. The fraction of sp³-hybridized carbons (Fsp3) is 0.471. The Morgan fingerprint density at radius 1 is 1.43 bits per heavy atom. The molecular formula is C17H23FN2O. The lowest BCUT2D eigenvalue weighted by Crippen LogP contribution is -2.22. The van der Waals surface area contributed by atoms with Gasteiger partial charge in [0, 0.05) is 11.5 Å². The smallest absolute Gasteiger partial charge is 0.227 e. The van der Waals surface area contributed by atoms with Gasteiger partial charge in [0.25, 0.3) is 0 Å². The standard InChI is InChI=1S/C17H23FN2O/c1-3-5-8-14(4-2)17(21)20-16-10-9-13(7-6-11-19)12-15(16)18/h9-10,12,14H,3-5,8,11,19H2,1-2H3,(H,20,21). The minimum atomic E-state index is -0.475. The molecule has 1 rings (SSSR count). The van der Waals surface area contributed by atoms with Crippen molar-refractivity contribution in [2.24, 2.45) is 11.7 Å². The van der Waals surface area contributed by atoms with Crippen LogP contribution in [-0.2, 0) is 4.79 Å². The highest BCUT2D eigenvalue weighted by Crippen LogP contribution is 2.19. The van der Waals surface area contributed by atoms with Crippen molar-refractivity contribution < 1.29 is 9.18 Å². The lowest BCUT2D eigenvalue weighted by Gasteiger charge is -2.15. The predicted molar refractivity (Wildman–Crippen MR) is 84.3 cm³/mol. The first-order valence-electron chi connectivity index (χ1n) is 7.41. The molecule has 0 spiro atoms. The summed E-state index contributed by atoms with van der Waals surface area (Å²) in [7, 11) is 0. The number of carbonyl (C=O) groups excluding carboxylic acids is 1. The van der Waals surface area contributed by atoms with Crippen LogP contribution in [0.3, 0.4) is 0 Å². The van der Waals surface area contributed by atoms with Gasteiger partial charge in [-0.2, -0.15) is 0 Å². The number of amides is 1. The Morgan fingerprint density at radius 2 is 2.19 bits per heavy atom. The molecule has 1 amide bonds. The Balaban J connectivity index is 2.75. The van der Waals surface area contributed by atoms with Gasteiger partial charge in [-0.3, -0.25) is 4.79 Å². The Bertz CT molecular complexity index is 531. The SMILES string of the molecule is CCCCC(CC)C(=O)Nc1ccc(C#CCN)cc1F. The normalized spacial score (nSPS) is 11.4. The maximum absolute atomic E-state index is 13.9. The summed E-state index contributed by atoms with van der Waals surface area (Å²) >= 11 is 0. The Hall–Kier alpha value is -1.86. The zero-order chi connectivity index (χ0) is 15.7. The van der Waals surface area contributed by atoms with Crippen molar-refractivity contribution in [3.05, 3.63) is 29.6 Å². The maximum Gasteiger partial charge on any atom is 0.227 e. The molecule has 21 heavy (non-hydrogen) atoms. The van der Waals surface area contributed by atoms with Gasteiger partial charge in [-0.05, 0) is 31.0 Å². The third kappa shape index (κ3) is 5.57. The molecule has 0 aliphatic heterocycles. The quantitative estimate of drug-likeness (QED) is 0.790. The van der Waals surface area contributed by atoms with E-state index in [0.29, 0.717) is 5.56 Å². The number of nitrogens with one attached hydrogen (secondary N) is 1. The number of rotatable bonds is 6. The number of benzene rings is 1. The summed E-state index contributed by atoms with van der Waals surface area (Å²) in [6, 6.07) is 4.53. The van der Waals surface area contributed by atoms with Gasteiger partial charge in [-0.15, -0.1) is 0 Å². The summed E-state index contributed by atoms with van der Waals surface area (Å²) < 4.78 is 13.9. The number of nitrogens with two attached hydrogens (primary N) is 1. The highest BCUT2D eigenvalue weighted by molar-refractivity contribution is 5.92. The number of unbranched alkanes of at least 4 members (excludes halogenated alkanes) is 1. The summed E-state index contributed by atoms with van der Waals surface area (Å²) in [5.41, 5.74) is 6.03. The molecule has 3 N–H and O–H groups in total. The van der Waals surface area contributed by atoms with Gasteiger partial charge in [-0.25, -0.2) is 4.39 Å². The molecule has 0 aliphatic carbocycles. The fourth-order valence-corrected chi connectivity index (χ4v) is 2.05. The lowest BCUT2D eigenvalue weighted by atomic mass is 9.98. The molecule has 4 heteroatoms. The molecule has 3 nitrogen and oxygen atoms in total. The van der Waals surface area contributed by atoms with Crippen molar-refractivity contribution >= 4 is 11.6 Å². The minimum absolute atomic E-state index is 0.0685. The van der Waals surface area contributed by atoms with Crippen molar-refractivity contribution in [2.75, 3.05) is 11.9 Å². The fourth-order valence-electron chi connectivity index (χ4n) is 2.05. The van der Waals surface area contributed by atoms with E-state index in [9.17, 15) is 9.18 Å². The van der Waals surface area contributed by atoms with Crippen LogP contribution in [0.1, 0.15) is 45.1 Å². The van der Waals surface area contributed by atoms with Crippen molar-refractivity contribution in [1.82, 2.24) is 0 Å². The average molecular weight is 290 g/mol. The third-order valence-electron chi connectivity index (χ3n) is 3.33. The van der Waals surface area contributed by atoms with Crippen LogP contribution in [0.25, 0.3) is 0 Å². The molecule has 0 heterocycles. The largest absolute Gasteiger partial charge is 0.323 e. The van der Waals surface area contributed by atoms with Crippen molar-refractivity contribution in [3.8, 4) is 11.8 Å². The second kappa shape index (κ2) is 9.15. The molecule has 0 fully saturated rings.